The van der Waals surface area contributed by atoms with Crippen molar-refractivity contribution in [2.24, 2.45) is 0 Å². The number of ether oxygens (including phenoxy) is 1. The van der Waals surface area contributed by atoms with Crippen LogP contribution in [-0.4, -0.2) is 53.2 Å². The van der Waals surface area contributed by atoms with Gasteiger partial charge in [0.1, 0.15) is 5.75 Å². The molecule has 3 N–H and O–H groups in total. The van der Waals surface area contributed by atoms with E-state index in [1.807, 2.05) is 36.2 Å². The second-order valence-electron chi connectivity index (χ2n) is 7.65. The first-order chi connectivity index (χ1) is 14.1. The van der Waals surface area contributed by atoms with Crippen molar-refractivity contribution in [3.8, 4) is 5.75 Å². The Morgan fingerprint density at radius 2 is 2.21 bits per heavy atom. The lowest BCUT2D eigenvalue weighted by Crippen LogP contribution is -2.36. The molecule has 2 aliphatic rings. The van der Waals surface area contributed by atoms with E-state index in [4.69, 9.17) is 4.74 Å². The summed E-state index contributed by atoms with van der Waals surface area (Å²) in [4.78, 5) is 23.5. The Bertz CT molecular complexity index is 884. The second-order valence-corrected chi connectivity index (χ2v) is 8.92. The van der Waals surface area contributed by atoms with Gasteiger partial charge in [-0.25, -0.2) is 4.79 Å². The monoisotopic (exact) mass is 416 g/mol. The third-order valence-corrected chi connectivity index (χ3v) is 7.24. The minimum atomic E-state index is -0.0423. The summed E-state index contributed by atoms with van der Waals surface area (Å²) in [6.07, 6.45) is 5.53. The average molecular weight is 417 g/mol. The minimum absolute atomic E-state index is 0.0423. The zero-order valence-electron chi connectivity index (χ0n) is 16.6. The number of methoxy groups -OCH3 is 1. The van der Waals surface area contributed by atoms with Crippen LogP contribution in [0.1, 0.15) is 25.7 Å². The van der Waals surface area contributed by atoms with Crippen molar-refractivity contribution in [3.63, 3.8) is 0 Å². The molecule has 0 unspecified atom stereocenters. The van der Waals surface area contributed by atoms with Gasteiger partial charge in [0.25, 0.3) is 0 Å². The van der Waals surface area contributed by atoms with E-state index >= 15 is 0 Å². The average Bonchev–Trinajstić information content (AvgIpc) is 3.39. The molecule has 0 spiro atoms. The predicted molar refractivity (Wildman–Crippen MR) is 115 cm³/mol. The predicted octanol–water partition coefficient (Wildman–Crippen LogP) is 2.49. The summed E-state index contributed by atoms with van der Waals surface area (Å²) in [5, 5.41) is 10.6. The van der Waals surface area contributed by atoms with Crippen LogP contribution in [-0.2, 0) is 11.3 Å². The molecule has 4 rings (SSSR count). The number of urea groups is 1. The van der Waals surface area contributed by atoms with Gasteiger partial charge < -0.3 is 25.3 Å². The summed E-state index contributed by atoms with van der Waals surface area (Å²) in [5.74, 6) is 1.94. The van der Waals surface area contributed by atoms with Gasteiger partial charge in [-0.05, 0) is 37.1 Å². The number of benzene rings is 1. The van der Waals surface area contributed by atoms with Gasteiger partial charge in [-0.15, -0.1) is 0 Å². The van der Waals surface area contributed by atoms with Gasteiger partial charge >= 0.3 is 6.03 Å². The summed E-state index contributed by atoms with van der Waals surface area (Å²) in [6, 6.07) is 8.55. The maximum absolute atomic E-state index is 12.1. The van der Waals surface area contributed by atoms with Crippen LogP contribution in [0, 0.1) is 0 Å². The first-order valence-corrected chi connectivity index (χ1v) is 11.3. The Hall–Kier alpha value is -2.35. The van der Waals surface area contributed by atoms with E-state index < -0.39 is 0 Å². The number of aromatic nitrogens is 1. The first-order valence-electron chi connectivity index (χ1n) is 10.2. The third kappa shape index (κ3) is 4.63. The van der Waals surface area contributed by atoms with Gasteiger partial charge in [-0.1, -0.05) is 6.42 Å². The van der Waals surface area contributed by atoms with E-state index in [9.17, 15) is 9.59 Å². The van der Waals surface area contributed by atoms with Crippen LogP contribution in [0.15, 0.2) is 30.5 Å². The van der Waals surface area contributed by atoms with Crippen molar-refractivity contribution in [3.05, 3.63) is 30.5 Å². The fraction of sp³-hybridized carbons (Fsp3) is 0.524. The number of thioether (sulfide) groups is 1. The van der Waals surface area contributed by atoms with Gasteiger partial charge in [0.15, 0.2) is 0 Å². The maximum Gasteiger partial charge on any atom is 0.315 e. The molecule has 3 heterocycles. The fourth-order valence-electron chi connectivity index (χ4n) is 4.18. The molecule has 3 amide bonds. The van der Waals surface area contributed by atoms with E-state index in [0.717, 1.165) is 48.2 Å². The number of fused-ring (bicyclic) bond motifs is 2. The largest absolute Gasteiger partial charge is 0.497 e. The number of rotatable bonds is 9. The number of nitrogens with one attached hydrogen (secondary N) is 3. The molecular formula is C21H28N4O3S. The van der Waals surface area contributed by atoms with Gasteiger partial charge in [0.2, 0.25) is 5.91 Å². The molecule has 29 heavy (non-hydrogen) atoms. The van der Waals surface area contributed by atoms with Crippen LogP contribution in [0.25, 0.3) is 10.9 Å². The highest BCUT2D eigenvalue weighted by molar-refractivity contribution is 8.00. The Kier molecular flexibility index (Phi) is 6.18. The summed E-state index contributed by atoms with van der Waals surface area (Å²) in [7, 11) is 1.67. The molecule has 2 fully saturated rings. The van der Waals surface area contributed by atoms with Crippen LogP contribution in [0.3, 0.4) is 0 Å². The summed E-state index contributed by atoms with van der Waals surface area (Å²) in [6.45, 7) is 1.37. The molecule has 2 aliphatic heterocycles. The maximum atomic E-state index is 12.1. The lowest BCUT2D eigenvalue weighted by atomic mass is 10.0. The molecule has 1 aromatic heterocycles. The summed E-state index contributed by atoms with van der Waals surface area (Å²) in [5.41, 5.74) is 1.14. The van der Waals surface area contributed by atoms with Crippen molar-refractivity contribution in [1.29, 1.82) is 0 Å². The quantitative estimate of drug-likeness (QED) is 0.433. The normalized spacial score (nSPS) is 22.9. The van der Waals surface area contributed by atoms with Gasteiger partial charge in [-0.2, -0.15) is 11.8 Å². The zero-order chi connectivity index (χ0) is 20.2. The van der Waals surface area contributed by atoms with Crippen molar-refractivity contribution < 1.29 is 14.3 Å². The van der Waals surface area contributed by atoms with Gasteiger partial charge in [0.05, 0.1) is 19.2 Å². The van der Waals surface area contributed by atoms with Gasteiger partial charge in [-0.3, -0.25) is 4.79 Å². The number of carbonyl (C=O) groups excluding carboxylic acids is 2. The van der Waals surface area contributed by atoms with Crippen molar-refractivity contribution in [2.75, 3.05) is 19.4 Å². The Balaban J connectivity index is 1.13. The lowest BCUT2D eigenvalue weighted by molar-refractivity contribution is -0.121. The number of hydrogen-bond donors (Lipinski definition) is 3. The van der Waals surface area contributed by atoms with Crippen molar-refractivity contribution >= 4 is 34.6 Å². The second kappa shape index (κ2) is 8.98. The molecule has 8 heteroatoms. The lowest BCUT2D eigenvalue weighted by Gasteiger charge is -2.16. The van der Waals surface area contributed by atoms with Crippen molar-refractivity contribution in [1.82, 2.24) is 20.5 Å². The molecule has 2 saturated heterocycles. The van der Waals surface area contributed by atoms with Crippen LogP contribution in [0.2, 0.25) is 0 Å². The van der Waals surface area contributed by atoms with Crippen LogP contribution >= 0.6 is 11.8 Å². The minimum Gasteiger partial charge on any atom is -0.497 e. The third-order valence-electron chi connectivity index (χ3n) is 5.73. The van der Waals surface area contributed by atoms with E-state index in [2.05, 4.69) is 26.6 Å². The standard InChI is InChI=1S/C21H28N4O3S/c1-28-15-6-7-17-14(12-15)8-10-25(17)11-9-22-19(26)5-3-2-4-18-20-16(13-29-18)23-21(27)24-20/h6-8,10,12,16,18,20H,2-5,9,11,13H2,1H3,(H,22,26)(H2,23,24,27)/t16-,18-,20-/m0/s1. The molecule has 7 nitrogen and oxygen atoms in total. The summed E-state index contributed by atoms with van der Waals surface area (Å²) < 4.78 is 7.41. The molecule has 3 atom stereocenters. The molecule has 156 valence electrons. The topological polar surface area (TPSA) is 84.4 Å². The highest BCUT2D eigenvalue weighted by Crippen LogP contribution is 2.33. The fourth-order valence-corrected chi connectivity index (χ4v) is 5.72. The van der Waals surface area contributed by atoms with Crippen LogP contribution in [0.4, 0.5) is 4.79 Å². The molecule has 0 radical (unpaired) electrons. The number of hydrogen-bond acceptors (Lipinski definition) is 4. The molecule has 1 aromatic carbocycles. The number of unbranched alkanes of at least 4 members (excludes halogenated alkanes) is 1. The highest BCUT2D eigenvalue weighted by Gasteiger charge is 2.42. The Labute approximate surface area is 174 Å². The zero-order valence-corrected chi connectivity index (χ0v) is 17.5. The van der Waals surface area contributed by atoms with E-state index in [-0.39, 0.29) is 24.0 Å². The molecule has 0 aliphatic carbocycles. The van der Waals surface area contributed by atoms with Crippen LogP contribution in [0.5, 0.6) is 5.75 Å². The Morgan fingerprint density at radius 1 is 1.31 bits per heavy atom. The number of nitrogens with zero attached hydrogens (tertiary/aromatic N) is 1. The molecule has 0 saturated carbocycles. The SMILES string of the molecule is COc1ccc2c(ccn2CCNC(=O)CCCC[C@@H]2SC[C@@H]3NC(=O)N[C@@H]32)c1. The molecule has 0 bridgehead atoms. The van der Waals surface area contributed by atoms with Gasteiger partial charge in [0, 0.05) is 47.6 Å². The molecular weight excluding hydrogens is 388 g/mol. The first kappa shape index (κ1) is 19.9. The van der Waals surface area contributed by atoms with E-state index in [1.54, 1.807) is 7.11 Å². The molecule has 2 aromatic rings. The summed E-state index contributed by atoms with van der Waals surface area (Å²) >= 11 is 1.92. The number of amides is 3. The van der Waals surface area contributed by atoms with E-state index in [0.29, 0.717) is 18.2 Å². The van der Waals surface area contributed by atoms with Crippen molar-refractivity contribution in [2.45, 2.75) is 49.6 Å². The smallest absolute Gasteiger partial charge is 0.315 e. The van der Waals surface area contributed by atoms with E-state index in [1.165, 1.54) is 0 Å². The number of carbonyl (C=O) groups is 2. The highest BCUT2D eigenvalue weighted by atomic mass is 32.2. The van der Waals surface area contributed by atoms with Crippen LogP contribution < -0.4 is 20.7 Å². The Morgan fingerprint density at radius 3 is 3.07 bits per heavy atom.